The highest BCUT2D eigenvalue weighted by molar-refractivity contribution is 5.96. The van der Waals surface area contributed by atoms with Crippen molar-refractivity contribution in [3.05, 3.63) is 59.2 Å². The van der Waals surface area contributed by atoms with Crippen molar-refractivity contribution < 1.29 is 19.1 Å². The van der Waals surface area contributed by atoms with E-state index in [1.807, 2.05) is 12.1 Å². The topological polar surface area (TPSA) is 84.5 Å². The van der Waals surface area contributed by atoms with Gasteiger partial charge in [0.15, 0.2) is 6.61 Å². The van der Waals surface area contributed by atoms with Crippen molar-refractivity contribution in [2.75, 3.05) is 17.2 Å². The monoisotopic (exact) mass is 366 g/mol. The van der Waals surface area contributed by atoms with Crippen LogP contribution in [-0.2, 0) is 27.2 Å². The number of ether oxygens (including phenoxy) is 1. The Hall–Kier alpha value is -3.15. The molecule has 6 nitrogen and oxygen atoms in total. The third kappa shape index (κ3) is 5.17. The van der Waals surface area contributed by atoms with Crippen molar-refractivity contribution in [3.8, 4) is 0 Å². The lowest BCUT2D eigenvalue weighted by molar-refractivity contribution is -0.119. The summed E-state index contributed by atoms with van der Waals surface area (Å²) in [7, 11) is 0. The summed E-state index contributed by atoms with van der Waals surface area (Å²) in [5.74, 6) is -1.15. The van der Waals surface area contributed by atoms with E-state index in [1.165, 1.54) is 24.5 Å². The second kappa shape index (κ2) is 8.49. The molecule has 2 aromatic carbocycles. The van der Waals surface area contributed by atoms with Crippen LogP contribution in [-0.4, -0.2) is 24.4 Å². The summed E-state index contributed by atoms with van der Waals surface area (Å²) in [5, 5.41) is 5.28. The maximum Gasteiger partial charge on any atom is 0.338 e. The maximum absolute atomic E-state index is 12.2. The largest absolute Gasteiger partial charge is 0.452 e. The average molecular weight is 366 g/mol. The van der Waals surface area contributed by atoms with Crippen molar-refractivity contribution in [2.45, 2.75) is 32.6 Å². The number of nitrogens with one attached hydrogen (secondary N) is 2. The summed E-state index contributed by atoms with van der Waals surface area (Å²) in [6, 6.07) is 12.3. The van der Waals surface area contributed by atoms with Crippen LogP contribution in [0.5, 0.6) is 0 Å². The minimum atomic E-state index is -0.509. The van der Waals surface area contributed by atoms with Crippen LogP contribution in [0, 0.1) is 0 Å². The fourth-order valence-electron chi connectivity index (χ4n) is 3.15. The first-order valence-corrected chi connectivity index (χ1v) is 8.98. The third-order valence-corrected chi connectivity index (χ3v) is 4.39. The van der Waals surface area contributed by atoms with Crippen LogP contribution in [0.4, 0.5) is 11.4 Å². The highest BCUT2D eigenvalue weighted by Crippen LogP contribution is 2.22. The van der Waals surface area contributed by atoms with Crippen LogP contribution in [0.15, 0.2) is 42.5 Å². The first-order chi connectivity index (χ1) is 13.0. The molecule has 1 aliphatic rings. The lowest BCUT2D eigenvalue weighted by atomic mass is 9.90. The summed E-state index contributed by atoms with van der Waals surface area (Å²) in [5.41, 5.74) is 4.03. The number of hydrogen-bond acceptors (Lipinski definition) is 4. The number of benzene rings is 2. The van der Waals surface area contributed by atoms with Crippen LogP contribution >= 0.6 is 0 Å². The number of fused-ring (bicyclic) bond motifs is 1. The predicted molar refractivity (Wildman–Crippen MR) is 103 cm³/mol. The molecule has 0 aliphatic heterocycles. The van der Waals surface area contributed by atoms with E-state index < -0.39 is 11.9 Å². The molecule has 0 radical (unpaired) electrons. The van der Waals surface area contributed by atoms with Gasteiger partial charge in [-0.2, -0.15) is 0 Å². The Kier molecular flexibility index (Phi) is 5.86. The Bertz CT molecular complexity index is 876. The van der Waals surface area contributed by atoms with Crippen LogP contribution in [0.3, 0.4) is 0 Å². The predicted octanol–water partition coefficient (Wildman–Crippen LogP) is 3.32. The Morgan fingerprint density at radius 1 is 0.926 bits per heavy atom. The molecule has 2 aromatic rings. The van der Waals surface area contributed by atoms with Gasteiger partial charge in [-0.25, -0.2) is 4.79 Å². The molecule has 0 fully saturated rings. The molecule has 27 heavy (non-hydrogen) atoms. The molecule has 0 saturated heterocycles. The minimum Gasteiger partial charge on any atom is -0.452 e. The standard InChI is InChI=1S/C21H22N2O4/c1-14(24)22-18-7-4-8-19(12-18)23-20(25)13-27-21(26)17-10-9-15-5-2-3-6-16(15)11-17/h4,7-12H,2-3,5-6,13H2,1H3,(H,22,24)(H,23,25). The summed E-state index contributed by atoms with van der Waals surface area (Å²) in [6.07, 6.45) is 4.33. The zero-order valence-corrected chi connectivity index (χ0v) is 15.2. The number of rotatable bonds is 5. The highest BCUT2D eigenvalue weighted by Gasteiger charge is 2.15. The molecule has 6 heteroatoms. The van der Waals surface area contributed by atoms with Crippen LogP contribution in [0.1, 0.15) is 41.3 Å². The molecular formula is C21H22N2O4. The van der Waals surface area contributed by atoms with Crippen molar-refractivity contribution in [1.82, 2.24) is 0 Å². The molecule has 0 aromatic heterocycles. The normalized spacial score (nSPS) is 12.6. The zero-order chi connectivity index (χ0) is 19.2. The minimum absolute atomic E-state index is 0.197. The Labute approximate surface area is 157 Å². The van der Waals surface area contributed by atoms with Gasteiger partial charge in [-0.15, -0.1) is 0 Å². The lowest BCUT2D eigenvalue weighted by Gasteiger charge is -2.16. The molecule has 0 unspecified atom stereocenters. The van der Waals surface area contributed by atoms with E-state index >= 15 is 0 Å². The van der Waals surface area contributed by atoms with Gasteiger partial charge >= 0.3 is 5.97 Å². The van der Waals surface area contributed by atoms with Gasteiger partial charge in [-0.1, -0.05) is 12.1 Å². The van der Waals surface area contributed by atoms with E-state index in [0.29, 0.717) is 16.9 Å². The average Bonchev–Trinajstić information content (AvgIpc) is 2.65. The summed E-state index contributed by atoms with van der Waals surface area (Å²) >= 11 is 0. The second-order valence-electron chi connectivity index (χ2n) is 6.58. The van der Waals surface area contributed by atoms with Gasteiger partial charge in [0.25, 0.3) is 5.91 Å². The van der Waals surface area contributed by atoms with E-state index in [2.05, 4.69) is 10.6 Å². The number of anilines is 2. The second-order valence-corrected chi connectivity index (χ2v) is 6.58. The fraction of sp³-hybridized carbons (Fsp3) is 0.286. The maximum atomic E-state index is 12.2. The van der Waals surface area contributed by atoms with Crippen molar-refractivity contribution >= 4 is 29.2 Å². The van der Waals surface area contributed by atoms with Crippen molar-refractivity contribution in [2.24, 2.45) is 0 Å². The van der Waals surface area contributed by atoms with E-state index in [4.69, 9.17) is 4.74 Å². The van der Waals surface area contributed by atoms with Gasteiger partial charge < -0.3 is 15.4 Å². The molecular weight excluding hydrogens is 344 g/mol. The van der Waals surface area contributed by atoms with Gasteiger partial charge in [-0.3, -0.25) is 9.59 Å². The number of aryl methyl sites for hydroxylation is 2. The van der Waals surface area contributed by atoms with Crippen molar-refractivity contribution in [3.63, 3.8) is 0 Å². The molecule has 2 N–H and O–H groups in total. The van der Waals surface area contributed by atoms with Crippen LogP contribution in [0.2, 0.25) is 0 Å². The molecule has 1 aliphatic carbocycles. The number of carbonyl (C=O) groups excluding carboxylic acids is 3. The molecule has 0 spiro atoms. The Morgan fingerprint density at radius 2 is 1.63 bits per heavy atom. The van der Waals surface area contributed by atoms with Crippen LogP contribution < -0.4 is 10.6 Å². The van der Waals surface area contributed by atoms with Gasteiger partial charge in [0.1, 0.15) is 0 Å². The molecule has 3 rings (SSSR count). The van der Waals surface area contributed by atoms with E-state index in [-0.39, 0.29) is 12.5 Å². The first kappa shape index (κ1) is 18.6. The molecule has 2 amide bonds. The highest BCUT2D eigenvalue weighted by atomic mass is 16.5. The van der Waals surface area contributed by atoms with Gasteiger partial charge in [-0.05, 0) is 67.1 Å². The molecule has 0 atom stereocenters. The van der Waals surface area contributed by atoms with Gasteiger partial charge in [0.2, 0.25) is 5.91 Å². The van der Waals surface area contributed by atoms with Crippen molar-refractivity contribution in [1.29, 1.82) is 0 Å². The number of amides is 2. The molecule has 140 valence electrons. The van der Waals surface area contributed by atoms with Gasteiger partial charge in [0, 0.05) is 18.3 Å². The van der Waals surface area contributed by atoms with E-state index in [9.17, 15) is 14.4 Å². The third-order valence-electron chi connectivity index (χ3n) is 4.39. The zero-order valence-electron chi connectivity index (χ0n) is 15.2. The molecule has 0 bridgehead atoms. The summed E-state index contributed by atoms with van der Waals surface area (Å²) < 4.78 is 5.13. The number of esters is 1. The Balaban J connectivity index is 1.54. The first-order valence-electron chi connectivity index (χ1n) is 8.98. The summed E-state index contributed by atoms with van der Waals surface area (Å²) in [6.45, 7) is 1.03. The van der Waals surface area contributed by atoms with E-state index in [1.54, 1.807) is 30.3 Å². The van der Waals surface area contributed by atoms with Crippen LogP contribution in [0.25, 0.3) is 0 Å². The fourth-order valence-corrected chi connectivity index (χ4v) is 3.15. The lowest BCUT2D eigenvalue weighted by Crippen LogP contribution is -2.21. The number of carbonyl (C=O) groups is 3. The Morgan fingerprint density at radius 3 is 2.37 bits per heavy atom. The molecule has 0 heterocycles. The summed E-state index contributed by atoms with van der Waals surface area (Å²) in [4.78, 5) is 35.3. The van der Waals surface area contributed by atoms with Gasteiger partial charge in [0.05, 0.1) is 5.56 Å². The smallest absolute Gasteiger partial charge is 0.338 e. The quantitative estimate of drug-likeness (QED) is 0.795. The SMILES string of the molecule is CC(=O)Nc1cccc(NC(=O)COC(=O)c2ccc3c(c2)CCCC3)c1. The van der Waals surface area contributed by atoms with E-state index in [0.717, 1.165) is 19.3 Å². The molecule has 0 saturated carbocycles. The number of hydrogen-bond donors (Lipinski definition) is 2.